The van der Waals surface area contributed by atoms with E-state index in [2.05, 4.69) is 4.98 Å². The van der Waals surface area contributed by atoms with Crippen molar-refractivity contribution in [3.8, 4) is 5.75 Å². The SMILES string of the molecule is Cc1cccc2cc(O)c(C3CCOC3)nc12. The number of benzene rings is 1. The van der Waals surface area contributed by atoms with Crippen molar-refractivity contribution in [1.82, 2.24) is 4.98 Å². The fraction of sp³-hybridized carbons (Fsp3) is 0.357. The van der Waals surface area contributed by atoms with Crippen LogP contribution in [0, 0.1) is 6.92 Å². The molecule has 1 N–H and O–H groups in total. The molecule has 0 aliphatic carbocycles. The van der Waals surface area contributed by atoms with Crippen LogP contribution in [0.4, 0.5) is 0 Å². The quantitative estimate of drug-likeness (QED) is 0.817. The Balaban J connectivity index is 2.18. The van der Waals surface area contributed by atoms with Crippen LogP contribution in [0.25, 0.3) is 10.9 Å². The Bertz CT molecular complexity index is 559. The first-order chi connectivity index (χ1) is 8.25. The third-order valence-electron chi connectivity index (χ3n) is 3.37. The molecule has 0 radical (unpaired) electrons. The van der Waals surface area contributed by atoms with Crippen molar-refractivity contribution in [2.75, 3.05) is 13.2 Å². The van der Waals surface area contributed by atoms with E-state index in [0.29, 0.717) is 12.4 Å². The second-order valence-electron chi connectivity index (χ2n) is 4.60. The monoisotopic (exact) mass is 229 g/mol. The highest BCUT2D eigenvalue weighted by Crippen LogP contribution is 2.33. The van der Waals surface area contributed by atoms with Gasteiger partial charge < -0.3 is 9.84 Å². The lowest BCUT2D eigenvalue weighted by molar-refractivity contribution is 0.193. The predicted molar refractivity (Wildman–Crippen MR) is 66.3 cm³/mol. The van der Waals surface area contributed by atoms with Crippen LogP contribution in [0.1, 0.15) is 23.6 Å². The van der Waals surface area contributed by atoms with Crippen molar-refractivity contribution in [2.24, 2.45) is 0 Å². The highest BCUT2D eigenvalue weighted by molar-refractivity contribution is 5.83. The number of para-hydroxylation sites is 1. The lowest BCUT2D eigenvalue weighted by Crippen LogP contribution is -2.02. The average molecular weight is 229 g/mol. The van der Waals surface area contributed by atoms with Crippen molar-refractivity contribution in [1.29, 1.82) is 0 Å². The molecule has 0 amide bonds. The highest BCUT2D eigenvalue weighted by Gasteiger charge is 2.22. The Hall–Kier alpha value is -1.61. The van der Waals surface area contributed by atoms with E-state index in [4.69, 9.17) is 4.74 Å². The van der Waals surface area contributed by atoms with Gasteiger partial charge in [-0.2, -0.15) is 0 Å². The van der Waals surface area contributed by atoms with Gasteiger partial charge in [-0.15, -0.1) is 0 Å². The molecule has 1 aromatic heterocycles. The summed E-state index contributed by atoms with van der Waals surface area (Å²) in [6, 6.07) is 7.81. The van der Waals surface area contributed by atoms with E-state index in [1.165, 1.54) is 0 Å². The topological polar surface area (TPSA) is 42.4 Å². The number of aromatic nitrogens is 1. The predicted octanol–water partition coefficient (Wildman–Crippen LogP) is 2.75. The molecule has 1 fully saturated rings. The average Bonchev–Trinajstić information content (AvgIpc) is 2.82. The third kappa shape index (κ3) is 1.76. The van der Waals surface area contributed by atoms with Crippen molar-refractivity contribution in [2.45, 2.75) is 19.3 Å². The molecular weight excluding hydrogens is 214 g/mol. The molecule has 1 saturated heterocycles. The third-order valence-corrected chi connectivity index (χ3v) is 3.37. The molecule has 3 nitrogen and oxygen atoms in total. The van der Waals surface area contributed by atoms with E-state index < -0.39 is 0 Å². The maximum absolute atomic E-state index is 10.0. The minimum absolute atomic E-state index is 0.235. The molecule has 0 bridgehead atoms. The first kappa shape index (κ1) is 10.5. The van der Waals surface area contributed by atoms with Crippen LogP contribution in [0.5, 0.6) is 5.75 Å². The Kier molecular flexibility index (Phi) is 2.48. The minimum Gasteiger partial charge on any atom is -0.506 e. The summed E-state index contributed by atoms with van der Waals surface area (Å²) in [5, 5.41) is 11.0. The normalized spacial score (nSPS) is 19.9. The van der Waals surface area contributed by atoms with E-state index in [-0.39, 0.29) is 5.92 Å². The lowest BCUT2D eigenvalue weighted by Gasteiger charge is -2.11. The van der Waals surface area contributed by atoms with E-state index in [1.807, 2.05) is 31.2 Å². The first-order valence-corrected chi connectivity index (χ1v) is 5.92. The molecule has 17 heavy (non-hydrogen) atoms. The summed E-state index contributed by atoms with van der Waals surface area (Å²) in [5.41, 5.74) is 2.90. The van der Waals surface area contributed by atoms with Crippen molar-refractivity contribution in [3.05, 3.63) is 35.5 Å². The largest absolute Gasteiger partial charge is 0.506 e. The van der Waals surface area contributed by atoms with Gasteiger partial charge in [-0.1, -0.05) is 18.2 Å². The maximum Gasteiger partial charge on any atom is 0.138 e. The Labute approximate surface area is 100 Å². The van der Waals surface area contributed by atoms with Gasteiger partial charge in [0.05, 0.1) is 17.8 Å². The number of fused-ring (bicyclic) bond motifs is 1. The number of hydrogen-bond acceptors (Lipinski definition) is 3. The Morgan fingerprint density at radius 3 is 3.06 bits per heavy atom. The van der Waals surface area contributed by atoms with Gasteiger partial charge in [0.1, 0.15) is 5.75 Å². The summed E-state index contributed by atoms with van der Waals surface area (Å²) in [7, 11) is 0. The van der Waals surface area contributed by atoms with Crippen molar-refractivity contribution in [3.63, 3.8) is 0 Å². The number of rotatable bonds is 1. The maximum atomic E-state index is 10.0. The van der Waals surface area contributed by atoms with Crippen LogP contribution < -0.4 is 0 Å². The van der Waals surface area contributed by atoms with Gasteiger partial charge in [0.15, 0.2) is 0 Å². The molecule has 2 aromatic rings. The van der Waals surface area contributed by atoms with Gasteiger partial charge in [0, 0.05) is 17.9 Å². The molecule has 88 valence electrons. The molecular formula is C14H15NO2. The number of aryl methyl sites for hydroxylation is 1. The van der Waals surface area contributed by atoms with Gasteiger partial charge in [-0.25, -0.2) is 4.98 Å². The van der Waals surface area contributed by atoms with Gasteiger partial charge in [0.25, 0.3) is 0 Å². The molecule has 1 aliphatic heterocycles. The van der Waals surface area contributed by atoms with Crippen LogP contribution in [0.15, 0.2) is 24.3 Å². The minimum atomic E-state index is 0.235. The van der Waals surface area contributed by atoms with Gasteiger partial charge in [-0.05, 0) is 25.0 Å². The summed E-state index contributed by atoms with van der Waals surface area (Å²) in [5.74, 6) is 0.526. The fourth-order valence-electron chi connectivity index (χ4n) is 2.40. The number of ether oxygens (including phenoxy) is 1. The summed E-state index contributed by atoms with van der Waals surface area (Å²) in [4.78, 5) is 4.63. The highest BCUT2D eigenvalue weighted by atomic mass is 16.5. The summed E-state index contributed by atoms with van der Waals surface area (Å²) < 4.78 is 5.36. The van der Waals surface area contributed by atoms with Crippen LogP contribution in [-0.2, 0) is 4.74 Å². The van der Waals surface area contributed by atoms with Crippen LogP contribution in [0.2, 0.25) is 0 Å². The molecule has 0 saturated carbocycles. The van der Waals surface area contributed by atoms with Crippen LogP contribution >= 0.6 is 0 Å². The second-order valence-corrected chi connectivity index (χ2v) is 4.60. The number of nitrogens with zero attached hydrogens (tertiary/aromatic N) is 1. The van der Waals surface area contributed by atoms with Gasteiger partial charge in [-0.3, -0.25) is 0 Å². The molecule has 0 spiro atoms. The zero-order valence-electron chi connectivity index (χ0n) is 9.81. The molecule has 1 aromatic carbocycles. The Morgan fingerprint density at radius 1 is 1.41 bits per heavy atom. The lowest BCUT2D eigenvalue weighted by atomic mass is 10.0. The summed E-state index contributed by atoms with van der Waals surface area (Å²) in [6.45, 7) is 3.47. The van der Waals surface area contributed by atoms with Crippen molar-refractivity contribution >= 4 is 10.9 Å². The summed E-state index contributed by atoms with van der Waals surface area (Å²) >= 11 is 0. The molecule has 1 atom stereocenters. The zero-order valence-corrected chi connectivity index (χ0v) is 9.81. The Morgan fingerprint density at radius 2 is 2.29 bits per heavy atom. The molecule has 1 aliphatic rings. The fourth-order valence-corrected chi connectivity index (χ4v) is 2.40. The van der Waals surface area contributed by atoms with E-state index >= 15 is 0 Å². The van der Waals surface area contributed by atoms with Crippen LogP contribution in [-0.4, -0.2) is 23.3 Å². The molecule has 3 heteroatoms. The van der Waals surface area contributed by atoms with Crippen LogP contribution in [0.3, 0.4) is 0 Å². The number of pyridine rings is 1. The zero-order chi connectivity index (χ0) is 11.8. The van der Waals surface area contributed by atoms with Crippen molar-refractivity contribution < 1.29 is 9.84 Å². The van der Waals surface area contributed by atoms with E-state index in [0.717, 1.165) is 35.2 Å². The smallest absolute Gasteiger partial charge is 0.138 e. The molecule has 1 unspecified atom stereocenters. The summed E-state index contributed by atoms with van der Waals surface area (Å²) in [6.07, 6.45) is 0.942. The number of hydrogen-bond donors (Lipinski definition) is 1. The number of aromatic hydroxyl groups is 1. The van der Waals surface area contributed by atoms with Gasteiger partial charge in [0.2, 0.25) is 0 Å². The standard InChI is InChI=1S/C14H15NO2/c1-9-3-2-4-10-7-12(16)14(15-13(9)10)11-5-6-17-8-11/h2-4,7,11,16H,5-6,8H2,1H3. The second kappa shape index (κ2) is 4.00. The van der Waals surface area contributed by atoms with E-state index in [9.17, 15) is 5.11 Å². The van der Waals surface area contributed by atoms with E-state index in [1.54, 1.807) is 0 Å². The molecule has 2 heterocycles. The first-order valence-electron chi connectivity index (χ1n) is 5.92. The molecule has 3 rings (SSSR count). The van der Waals surface area contributed by atoms with Gasteiger partial charge >= 0.3 is 0 Å².